The van der Waals surface area contributed by atoms with Gasteiger partial charge in [0.15, 0.2) is 5.65 Å². The number of amides is 1. The van der Waals surface area contributed by atoms with Crippen molar-refractivity contribution in [1.82, 2.24) is 19.9 Å². The third-order valence-electron chi connectivity index (χ3n) is 4.05. The molecule has 2 aromatic rings. The molecule has 1 saturated heterocycles. The number of fused-ring (bicyclic) bond motifs is 1. The lowest BCUT2D eigenvalue weighted by molar-refractivity contribution is 0.0159. The lowest BCUT2D eigenvalue weighted by Gasteiger charge is -2.40. The smallest absolute Gasteiger partial charge is 0.410 e. The Morgan fingerprint density at radius 2 is 2.04 bits per heavy atom. The number of nitrogens with zero attached hydrogens (tertiary/aromatic N) is 5. The summed E-state index contributed by atoms with van der Waals surface area (Å²) in [5.74, 6) is 1.24. The molecule has 1 aliphatic rings. The fraction of sp³-hybridized carbons (Fsp3) is 0.529. The summed E-state index contributed by atoms with van der Waals surface area (Å²) in [5, 5.41) is 0.856. The van der Waals surface area contributed by atoms with Crippen LogP contribution in [0.15, 0.2) is 18.5 Å². The van der Waals surface area contributed by atoms with E-state index in [4.69, 9.17) is 10.5 Å². The number of hydrogen-bond donors (Lipinski definition) is 1. The van der Waals surface area contributed by atoms with E-state index in [2.05, 4.69) is 19.9 Å². The first kappa shape index (κ1) is 17.2. The summed E-state index contributed by atoms with van der Waals surface area (Å²) in [7, 11) is 0. The summed E-state index contributed by atoms with van der Waals surface area (Å²) in [6.45, 7) is 9.53. The summed E-state index contributed by atoms with van der Waals surface area (Å²) in [6.07, 6.45) is 1.22. The van der Waals surface area contributed by atoms with Crippen LogP contribution in [0.2, 0.25) is 0 Å². The third kappa shape index (κ3) is 3.72. The van der Waals surface area contributed by atoms with E-state index in [-0.39, 0.29) is 12.1 Å². The van der Waals surface area contributed by atoms with Gasteiger partial charge in [0, 0.05) is 25.7 Å². The minimum Gasteiger partial charge on any atom is -0.444 e. The third-order valence-corrected chi connectivity index (χ3v) is 4.05. The van der Waals surface area contributed by atoms with Gasteiger partial charge in [0.2, 0.25) is 0 Å². The number of aromatic nitrogens is 3. The Hall–Kier alpha value is -2.64. The van der Waals surface area contributed by atoms with Crippen LogP contribution in [0, 0.1) is 0 Å². The number of piperazine rings is 1. The maximum Gasteiger partial charge on any atom is 0.410 e. The van der Waals surface area contributed by atoms with Crippen LogP contribution in [0.5, 0.6) is 0 Å². The van der Waals surface area contributed by atoms with Crippen molar-refractivity contribution >= 4 is 28.8 Å². The van der Waals surface area contributed by atoms with Gasteiger partial charge in [-0.05, 0) is 39.8 Å². The van der Waals surface area contributed by atoms with Gasteiger partial charge in [-0.25, -0.2) is 19.7 Å². The molecule has 2 aromatic heterocycles. The van der Waals surface area contributed by atoms with Gasteiger partial charge >= 0.3 is 6.09 Å². The number of hydrogen-bond acceptors (Lipinski definition) is 7. The number of carbonyl (C=O) groups is 1. The first-order valence-corrected chi connectivity index (χ1v) is 8.36. The fourth-order valence-electron chi connectivity index (χ4n) is 2.94. The molecule has 0 aliphatic carbocycles. The van der Waals surface area contributed by atoms with E-state index in [1.165, 1.54) is 6.33 Å². The molecule has 0 radical (unpaired) electrons. The lowest BCUT2D eigenvalue weighted by Crippen LogP contribution is -2.55. The second-order valence-corrected chi connectivity index (χ2v) is 7.27. The predicted molar refractivity (Wildman–Crippen MR) is 96.4 cm³/mol. The number of pyridine rings is 1. The molecule has 1 fully saturated rings. The Bertz CT molecular complexity index is 788. The SMILES string of the molecule is C[C@@H]1CN(c2ncnc3nc(N)ccc23)CCN1C(=O)OC(C)(C)C. The lowest BCUT2D eigenvalue weighted by atomic mass is 10.1. The first-order chi connectivity index (χ1) is 11.7. The van der Waals surface area contributed by atoms with Crippen LogP contribution in [-0.4, -0.2) is 57.2 Å². The highest BCUT2D eigenvalue weighted by Crippen LogP contribution is 2.25. The van der Waals surface area contributed by atoms with Crippen molar-refractivity contribution in [2.75, 3.05) is 30.3 Å². The zero-order chi connectivity index (χ0) is 18.2. The number of carbonyl (C=O) groups excluding carboxylic acids is 1. The molecule has 3 rings (SSSR count). The van der Waals surface area contributed by atoms with Crippen LogP contribution in [0.4, 0.5) is 16.4 Å². The van der Waals surface area contributed by atoms with Crippen LogP contribution in [0.25, 0.3) is 11.0 Å². The Kier molecular flexibility index (Phi) is 4.36. The van der Waals surface area contributed by atoms with Crippen molar-refractivity contribution in [3.8, 4) is 0 Å². The second kappa shape index (κ2) is 6.34. The highest BCUT2D eigenvalue weighted by molar-refractivity contribution is 5.87. The van der Waals surface area contributed by atoms with Crippen LogP contribution in [0.3, 0.4) is 0 Å². The number of anilines is 2. The maximum atomic E-state index is 12.4. The summed E-state index contributed by atoms with van der Waals surface area (Å²) in [5.41, 5.74) is 5.81. The summed E-state index contributed by atoms with van der Waals surface area (Å²) in [4.78, 5) is 29.1. The summed E-state index contributed by atoms with van der Waals surface area (Å²) in [6, 6.07) is 3.64. The standard InChI is InChI=1S/C17H24N6O2/c1-11-9-22(7-8-23(11)16(24)25-17(2,3)4)15-12-5-6-13(18)21-14(12)19-10-20-15/h5-6,10-11H,7-9H2,1-4H3,(H2,18,19,20,21)/t11-/m1/s1. The maximum absolute atomic E-state index is 12.4. The largest absolute Gasteiger partial charge is 0.444 e. The van der Waals surface area contributed by atoms with Gasteiger partial charge in [0.1, 0.15) is 23.6 Å². The topological polar surface area (TPSA) is 97.5 Å². The molecule has 2 N–H and O–H groups in total. The minimum absolute atomic E-state index is 0.00959. The molecule has 0 bridgehead atoms. The van der Waals surface area contributed by atoms with E-state index < -0.39 is 5.60 Å². The first-order valence-electron chi connectivity index (χ1n) is 8.36. The van der Waals surface area contributed by atoms with Crippen molar-refractivity contribution < 1.29 is 9.53 Å². The van der Waals surface area contributed by atoms with Gasteiger partial charge in [0.05, 0.1) is 5.39 Å². The van der Waals surface area contributed by atoms with Gasteiger partial charge < -0.3 is 20.3 Å². The molecule has 134 valence electrons. The molecule has 8 heteroatoms. The average Bonchev–Trinajstić information content (AvgIpc) is 2.52. The average molecular weight is 344 g/mol. The van der Waals surface area contributed by atoms with Crippen LogP contribution >= 0.6 is 0 Å². The second-order valence-electron chi connectivity index (χ2n) is 7.27. The van der Waals surface area contributed by atoms with Gasteiger partial charge in [-0.2, -0.15) is 0 Å². The number of rotatable bonds is 1. The van der Waals surface area contributed by atoms with Crippen molar-refractivity contribution in [3.05, 3.63) is 18.5 Å². The zero-order valence-electron chi connectivity index (χ0n) is 15.1. The van der Waals surface area contributed by atoms with E-state index in [1.54, 1.807) is 11.0 Å². The van der Waals surface area contributed by atoms with E-state index in [0.29, 0.717) is 31.1 Å². The van der Waals surface area contributed by atoms with Crippen molar-refractivity contribution in [1.29, 1.82) is 0 Å². The molecular weight excluding hydrogens is 320 g/mol. The van der Waals surface area contributed by atoms with Crippen LogP contribution in [-0.2, 0) is 4.74 Å². The Balaban J connectivity index is 1.79. The van der Waals surface area contributed by atoms with Gasteiger partial charge in [-0.15, -0.1) is 0 Å². The van der Waals surface area contributed by atoms with Crippen molar-refractivity contribution in [2.24, 2.45) is 0 Å². The quantitative estimate of drug-likeness (QED) is 0.845. The molecule has 0 aromatic carbocycles. The van der Waals surface area contributed by atoms with E-state index >= 15 is 0 Å². The molecule has 1 amide bonds. The van der Waals surface area contributed by atoms with Crippen LogP contribution in [0.1, 0.15) is 27.7 Å². The molecule has 1 atom stereocenters. The minimum atomic E-state index is -0.498. The zero-order valence-corrected chi connectivity index (χ0v) is 15.1. The number of ether oxygens (including phenoxy) is 1. The number of nitrogens with two attached hydrogens (primary N) is 1. The van der Waals surface area contributed by atoms with Gasteiger partial charge in [-0.1, -0.05) is 0 Å². The summed E-state index contributed by atoms with van der Waals surface area (Å²) < 4.78 is 5.49. The Labute approximate surface area is 147 Å². The fourth-order valence-corrected chi connectivity index (χ4v) is 2.94. The molecule has 0 saturated carbocycles. The van der Waals surface area contributed by atoms with Gasteiger partial charge in [0.25, 0.3) is 0 Å². The molecule has 0 unspecified atom stereocenters. The molecule has 8 nitrogen and oxygen atoms in total. The normalized spacial score (nSPS) is 18.5. The number of nitrogen functional groups attached to an aromatic ring is 1. The Morgan fingerprint density at radius 3 is 2.72 bits per heavy atom. The predicted octanol–water partition coefficient (Wildman–Crippen LogP) is 2.05. The molecular formula is C17H24N6O2. The molecule has 1 aliphatic heterocycles. The Morgan fingerprint density at radius 1 is 1.28 bits per heavy atom. The van der Waals surface area contributed by atoms with Crippen molar-refractivity contribution in [2.45, 2.75) is 39.3 Å². The highest BCUT2D eigenvalue weighted by Gasteiger charge is 2.31. The van der Waals surface area contributed by atoms with E-state index in [0.717, 1.165) is 11.2 Å². The molecule has 0 spiro atoms. The van der Waals surface area contributed by atoms with Crippen molar-refractivity contribution in [3.63, 3.8) is 0 Å². The van der Waals surface area contributed by atoms with E-state index in [1.807, 2.05) is 33.8 Å². The molecule has 25 heavy (non-hydrogen) atoms. The highest BCUT2D eigenvalue weighted by atomic mass is 16.6. The van der Waals surface area contributed by atoms with E-state index in [9.17, 15) is 4.79 Å². The monoisotopic (exact) mass is 344 g/mol. The molecule has 3 heterocycles. The van der Waals surface area contributed by atoms with Gasteiger partial charge in [-0.3, -0.25) is 0 Å². The van der Waals surface area contributed by atoms with Crippen LogP contribution < -0.4 is 10.6 Å². The summed E-state index contributed by atoms with van der Waals surface area (Å²) >= 11 is 0.